The van der Waals surface area contributed by atoms with Gasteiger partial charge in [-0.25, -0.2) is 4.98 Å². The fourth-order valence-electron chi connectivity index (χ4n) is 1.30. The molecule has 0 fully saturated rings. The molecule has 0 unspecified atom stereocenters. The summed E-state index contributed by atoms with van der Waals surface area (Å²) in [7, 11) is 0. The molecule has 0 saturated carbocycles. The van der Waals surface area contributed by atoms with Gasteiger partial charge in [-0.3, -0.25) is 4.79 Å². The van der Waals surface area contributed by atoms with Crippen LogP contribution in [0, 0.1) is 11.8 Å². The number of furan rings is 1. The van der Waals surface area contributed by atoms with Crippen molar-refractivity contribution in [2.24, 2.45) is 5.73 Å². The van der Waals surface area contributed by atoms with Crippen molar-refractivity contribution in [3.05, 3.63) is 48.0 Å². The molecule has 0 aliphatic rings. The highest BCUT2D eigenvalue weighted by Crippen LogP contribution is 2.07. The van der Waals surface area contributed by atoms with E-state index in [1.165, 1.54) is 12.5 Å². The van der Waals surface area contributed by atoms with Crippen LogP contribution >= 0.6 is 0 Å². The predicted octanol–water partition coefficient (Wildman–Crippen LogP) is 1.24. The van der Waals surface area contributed by atoms with E-state index in [2.05, 4.69) is 22.1 Å². The maximum atomic E-state index is 11.7. The third kappa shape index (κ3) is 2.97. The highest BCUT2D eigenvalue weighted by molar-refractivity contribution is 6.03. The van der Waals surface area contributed by atoms with Crippen LogP contribution in [0.5, 0.6) is 0 Å². The number of hydrogen-bond acceptors (Lipinski definition) is 4. The van der Waals surface area contributed by atoms with E-state index in [1.807, 2.05) is 0 Å². The van der Waals surface area contributed by atoms with E-state index in [0.717, 1.165) is 0 Å². The maximum absolute atomic E-state index is 11.7. The number of nitrogens with zero attached hydrogens (tertiary/aromatic N) is 1. The molecular weight excluding hydrogens is 230 g/mol. The molecule has 5 heteroatoms. The molecule has 2 aromatic heterocycles. The molecule has 0 aliphatic heterocycles. The van der Waals surface area contributed by atoms with Crippen molar-refractivity contribution < 1.29 is 9.21 Å². The summed E-state index contributed by atoms with van der Waals surface area (Å²) in [5, 5.41) is 2.65. The Kier molecular flexibility index (Phi) is 3.74. The smallest absolute Gasteiger partial charge is 0.260 e. The van der Waals surface area contributed by atoms with Crippen LogP contribution in [0.15, 0.2) is 41.2 Å². The summed E-state index contributed by atoms with van der Waals surface area (Å²) in [6.45, 7) is 0.271. The Morgan fingerprint density at radius 3 is 3.06 bits per heavy atom. The van der Waals surface area contributed by atoms with Gasteiger partial charge in [0.2, 0.25) is 0 Å². The van der Waals surface area contributed by atoms with Crippen LogP contribution in [0.1, 0.15) is 16.1 Å². The minimum atomic E-state index is -0.278. The van der Waals surface area contributed by atoms with Crippen LogP contribution < -0.4 is 11.1 Å². The second-order valence-electron chi connectivity index (χ2n) is 3.38. The average molecular weight is 241 g/mol. The molecule has 0 aliphatic carbocycles. The van der Waals surface area contributed by atoms with E-state index in [9.17, 15) is 4.79 Å². The van der Waals surface area contributed by atoms with Crippen LogP contribution in [0.3, 0.4) is 0 Å². The van der Waals surface area contributed by atoms with Crippen molar-refractivity contribution in [1.29, 1.82) is 0 Å². The van der Waals surface area contributed by atoms with Crippen LogP contribution in [0.4, 0.5) is 5.82 Å². The van der Waals surface area contributed by atoms with Crippen molar-refractivity contribution in [3.8, 4) is 11.8 Å². The van der Waals surface area contributed by atoms with E-state index < -0.39 is 0 Å². The molecule has 2 rings (SSSR count). The van der Waals surface area contributed by atoms with Crippen molar-refractivity contribution in [1.82, 2.24) is 4.98 Å². The lowest BCUT2D eigenvalue weighted by molar-refractivity contribution is 0.102. The molecule has 1 amide bonds. The summed E-state index contributed by atoms with van der Waals surface area (Å²) in [5.74, 6) is 5.65. The number of rotatable bonds is 2. The first-order valence-corrected chi connectivity index (χ1v) is 5.29. The lowest BCUT2D eigenvalue weighted by atomic mass is 10.3. The van der Waals surface area contributed by atoms with Gasteiger partial charge in [-0.2, -0.15) is 0 Å². The van der Waals surface area contributed by atoms with Crippen molar-refractivity contribution in [2.45, 2.75) is 0 Å². The number of nitrogens with one attached hydrogen (secondary N) is 1. The monoisotopic (exact) mass is 241 g/mol. The number of nitrogens with two attached hydrogens (primary N) is 1. The third-order valence-electron chi connectivity index (χ3n) is 2.09. The van der Waals surface area contributed by atoms with Gasteiger partial charge in [0.25, 0.3) is 5.91 Å². The van der Waals surface area contributed by atoms with E-state index in [1.54, 1.807) is 24.3 Å². The Morgan fingerprint density at radius 2 is 2.33 bits per heavy atom. The molecule has 0 radical (unpaired) electrons. The van der Waals surface area contributed by atoms with Gasteiger partial charge < -0.3 is 15.5 Å². The second kappa shape index (κ2) is 5.66. The van der Waals surface area contributed by atoms with Gasteiger partial charge in [0.05, 0.1) is 18.4 Å². The van der Waals surface area contributed by atoms with Gasteiger partial charge in [0.15, 0.2) is 0 Å². The molecule has 0 spiro atoms. The number of aromatic nitrogens is 1. The minimum absolute atomic E-state index is 0.271. The van der Waals surface area contributed by atoms with Crippen LogP contribution in [0.25, 0.3) is 0 Å². The van der Waals surface area contributed by atoms with E-state index in [-0.39, 0.29) is 12.5 Å². The molecule has 0 bridgehead atoms. The Labute approximate surface area is 104 Å². The zero-order valence-corrected chi connectivity index (χ0v) is 9.51. The summed E-state index contributed by atoms with van der Waals surface area (Å²) in [6, 6.07) is 6.77. The number of pyridine rings is 1. The van der Waals surface area contributed by atoms with E-state index in [0.29, 0.717) is 17.1 Å². The van der Waals surface area contributed by atoms with E-state index >= 15 is 0 Å². The molecule has 2 heterocycles. The molecule has 2 aromatic rings. The summed E-state index contributed by atoms with van der Waals surface area (Å²) in [4.78, 5) is 15.9. The molecule has 0 atom stereocenters. The van der Waals surface area contributed by atoms with Gasteiger partial charge in [-0.05, 0) is 24.1 Å². The van der Waals surface area contributed by atoms with Gasteiger partial charge in [0, 0.05) is 0 Å². The number of hydrogen-bond donors (Lipinski definition) is 2. The third-order valence-corrected chi connectivity index (χ3v) is 2.09. The topological polar surface area (TPSA) is 81.1 Å². The predicted molar refractivity (Wildman–Crippen MR) is 66.8 cm³/mol. The van der Waals surface area contributed by atoms with Crippen molar-refractivity contribution in [3.63, 3.8) is 0 Å². The zero-order chi connectivity index (χ0) is 12.8. The summed E-state index contributed by atoms with van der Waals surface area (Å²) < 4.78 is 4.83. The Bertz CT molecular complexity index is 594. The lowest BCUT2D eigenvalue weighted by Gasteiger charge is -2.02. The van der Waals surface area contributed by atoms with Gasteiger partial charge >= 0.3 is 0 Å². The maximum Gasteiger partial charge on any atom is 0.260 e. The standard InChI is InChI=1S/C13H11N3O2/c14-7-2-4-11-3-1-5-12(15-11)16-13(17)10-6-8-18-9-10/h1,3,5-6,8-9H,7,14H2,(H,15,16,17). The van der Waals surface area contributed by atoms with Gasteiger partial charge in [-0.15, -0.1) is 0 Å². The molecule has 0 saturated heterocycles. The quantitative estimate of drug-likeness (QED) is 0.775. The average Bonchev–Trinajstić information content (AvgIpc) is 2.91. The molecule has 18 heavy (non-hydrogen) atoms. The van der Waals surface area contributed by atoms with Crippen LogP contribution in [-0.4, -0.2) is 17.4 Å². The fraction of sp³-hybridized carbons (Fsp3) is 0.0769. The SMILES string of the molecule is NCC#Cc1cccc(NC(=O)c2ccoc2)n1. The first-order valence-electron chi connectivity index (χ1n) is 5.29. The second-order valence-corrected chi connectivity index (χ2v) is 3.38. The number of amides is 1. The van der Waals surface area contributed by atoms with Gasteiger partial charge in [-0.1, -0.05) is 12.0 Å². The van der Waals surface area contributed by atoms with Crippen molar-refractivity contribution in [2.75, 3.05) is 11.9 Å². The summed E-state index contributed by atoms with van der Waals surface area (Å²) in [6.07, 6.45) is 2.80. The number of anilines is 1. The summed E-state index contributed by atoms with van der Waals surface area (Å²) in [5.41, 5.74) is 6.28. The van der Waals surface area contributed by atoms with Gasteiger partial charge in [0.1, 0.15) is 17.8 Å². The fourth-order valence-corrected chi connectivity index (χ4v) is 1.30. The summed E-state index contributed by atoms with van der Waals surface area (Å²) >= 11 is 0. The lowest BCUT2D eigenvalue weighted by Crippen LogP contribution is -2.12. The Balaban J connectivity index is 2.12. The van der Waals surface area contributed by atoms with Crippen LogP contribution in [-0.2, 0) is 0 Å². The van der Waals surface area contributed by atoms with Crippen LogP contribution in [0.2, 0.25) is 0 Å². The number of carbonyl (C=O) groups excluding carboxylic acids is 1. The largest absolute Gasteiger partial charge is 0.472 e. The molecule has 90 valence electrons. The molecule has 5 nitrogen and oxygen atoms in total. The Hall–Kier alpha value is -2.58. The van der Waals surface area contributed by atoms with Crippen molar-refractivity contribution >= 4 is 11.7 Å². The highest BCUT2D eigenvalue weighted by atomic mass is 16.3. The minimum Gasteiger partial charge on any atom is -0.472 e. The zero-order valence-electron chi connectivity index (χ0n) is 9.51. The first-order chi connectivity index (χ1) is 8.79. The van der Waals surface area contributed by atoms with E-state index in [4.69, 9.17) is 10.2 Å². The number of carbonyl (C=O) groups is 1. The first kappa shape index (κ1) is 11.9. The molecule has 0 aromatic carbocycles. The Morgan fingerprint density at radius 1 is 1.44 bits per heavy atom. The molecule has 3 N–H and O–H groups in total. The normalized spacial score (nSPS) is 9.39. The highest BCUT2D eigenvalue weighted by Gasteiger charge is 2.07. The molecular formula is C13H11N3O2.